The molecule has 1 amide bonds. The number of rotatable bonds is 8. The number of nitrogens with zero attached hydrogens (tertiary/aromatic N) is 4. The SMILES string of the molecule is CC1(C)C(=O)N(c2cnc(C#N)c(C(F)(F)F)c2)C(=S)N1C1CCC(OCCCOC2CCCCO2)CC1. The van der Waals surface area contributed by atoms with Crippen LogP contribution in [0.25, 0.3) is 0 Å². The third-order valence-electron chi connectivity index (χ3n) is 7.36. The van der Waals surface area contributed by atoms with E-state index >= 15 is 0 Å². The number of anilines is 1. The zero-order valence-electron chi connectivity index (χ0n) is 21.6. The van der Waals surface area contributed by atoms with Crippen LogP contribution >= 0.6 is 12.2 Å². The summed E-state index contributed by atoms with van der Waals surface area (Å²) in [5.74, 6) is -0.428. The zero-order chi connectivity index (χ0) is 27.5. The molecule has 208 valence electrons. The van der Waals surface area contributed by atoms with Gasteiger partial charge in [-0.15, -0.1) is 0 Å². The molecule has 1 saturated carbocycles. The molecular formula is C26H33F3N4O4S. The molecule has 1 unspecified atom stereocenters. The lowest BCUT2D eigenvalue weighted by molar-refractivity contribution is -0.164. The molecule has 1 atom stereocenters. The van der Waals surface area contributed by atoms with Crippen molar-refractivity contribution in [2.75, 3.05) is 24.7 Å². The van der Waals surface area contributed by atoms with Crippen LogP contribution in [0.15, 0.2) is 12.3 Å². The van der Waals surface area contributed by atoms with Crippen molar-refractivity contribution in [2.24, 2.45) is 0 Å². The highest BCUT2D eigenvalue weighted by Gasteiger charge is 2.52. The van der Waals surface area contributed by atoms with E-state index in [1.54, 1.807) is 13.8 Å². The number of thiocarbonyl (C=S) groups is 1. The quantitative estimate of drug-likeness (QED) is 0.330. The van der Waals surface area contributed by atoms with Gasteiger partial charge in [0.25, 0.3) is 5.91 Å². The van der Waals surface area contributed by atoms with Crippen LogP contribution < -0.4 is 4.90 Å². The Kier molecular flexibility index (Phi) is 8.92. The minimum atomic E-state index is -4.79. The number of ether oxygens (including phenoxy) is 3. The van der Waals surface area contributed by atoms with E-state index in [9.17, 15) is 18.0 Å². The smallest absolute Gasteiger partial charge is 0.378 e. The summed E-state index contributed by atoms with van der Waals surface area (Å²) >= 11 is 5.63. The van der Waals surface area contributed by atoms with Crippen LogP contribution in [-0.2, 0) is 25.2 Å². The van der Waals surface area contributed by atoms with Crippen molar-refractivity contribution in [1.29, 1.82) is 5.26 Å². The van der Waals surface area contributed by atoms with Crippen LogP contribution in [0.1, 0.15) is 76.5 Å². The van der Waals surface area contributed by atoms with Gasteiger partial charge in [0.15, 0.2) is 17.1 Å². The second-order valence-corrected chi connectivity index (χ2v) is 10.7. The van der Waals surface area contributed by atoms with E-state index < -0.39 is 28.9 Å². The number of pyridine rings is 1. The molecule has 0 aromatic carbocycles. The Morgan fingerprint density at radius 3 is 2.53 bits per heavy atom. The van der Waals surface area contributed by atoms with Gasteiger partial charge in [0.2, 0.25) is 0 Å². The lowest BCUT2D eigenvalue weighted by atomic mass is 9.89. The normalized spacial score (nSPS) is 26.1. The Bertz CT molecular complexity index is 1060. The standard InChI is InChI=1S/C26H33F3N4O4S/c1-25(2)23(34)32(18-14-20(26(27,28)29)21(15-30)31-16-18)24(38)33(25)17-7-9-19(10-8-17)35-12-5-13-37-22-6-3-4-11-36-22/h14,16-17,19,22H,3-13H2,1-2H3. The fraction of sp³-hybridized carbons (Fsp3) is 0.692. The maximum atomic E-state index is 13.5. The summed E-state index contributed by atoms with van der Waals surface area (Å²) in [6.45, 7) is 5.39. The van der Waals surface area contributed by atoms with Crippen molar-refractivity contribution < 1.29 is 32.2 Å². The first-order valence-corrected chi connectivity index (χ1v) is 13.4. The molecule has 2 saturated heterocycles. The third kappa shape index (κ3) is 6.11. The first kappa shape index (κ1) is 28.7. The molecule has 1 aromatic heterocycles. The molecule has 12 heteroatoms. The average Bonchev–Trinajstić information content (AvgIpc) is 3.07. The summed E-state index contributed by atoms with van der Waals surface area (Å²) in [4.78, 5) is 20.0. The largest absolute Gasteiger partial charge is 0.419 e. The van der Waals surface area contributed by atoms with Crippen molar-refractivity contribution in [2.45, 2.75) is 95.4 Å². The van der Waals surface area contributed by atoms with Gasteiger partial charge >= 0.3 is 6.18 Å². The first-order valence-electron chi connectivity index (χ1n) is 13.0. The summed E-state index contributed by atoms with van der Waals surface area (Å²) in [5.41, 5.74) is -3.08. The summed E-state index contributed by atoms with van der Waals surface area (Å²) in [6.07, 6.45) is 3.28. The van der Waals surface area contributed by atoms with Crippen LogP contribution in [0.3, 0.4) is 0 Å². The number of hydrogen-bond donors (Lipinski definition) is 0. The zero-order valence-corrected chi connectivity index (χ0v) is 22.4. The maximum absolute atomic E-state index is 13.5. The summed E-state index contributed by atoms with van der Waals surface area (Å²) < 4.78 is 57.9. The van der Waals surface area contributed by atoms with Gasteiger partial charge in [-0.2, -0.15) is 18.4 Å². The van der Waals surface area contributed by atoms with Gasteiger partial charge in [0.05, 0.1) is 30.2 Å². The number of halogens is 3. The van der Waals surface area contributed by atoms with Gasteiger partial charge < -0.3 is 19.1 Å². The van der Waals surface area contributed by atoms with E-state index in [0.717, 1.165) is 75.1 Å². The molecule has 1 aromatic rings. The van der Waals surface area contributed by atoms with E-state index in [4.69, 9.17) is 31.7 Å². The molecule has 3 heterocycles. The highest BCUT2D eigenvalue weighted by atomic mass is 32.1. The first-order chi connectivity index (χ1) is 18.0. The molecule has 8 nitrogen and oxygen atoms in total. The van der Waals surface area contributed by atoms with Crippen LogP contribution in [0.5, 0.6) is 0 Å². The number of carbonyl (C=O) groups is 1. The summed E-state index contributed by atoms with van der Waals surface area (Å²) in [6, 6.07) is 2.18. The fourth-order valence-electron chi connectivity index (χ4n) is 5.37. The number of aromatic nitrogens is 1. The van der Waals surface area contributed by atoms with Crippen LogP contribution in [0.4, 0.5) is 18.9 Å². The van der Waals surface area contributed by atoms with Crippen molar-refractivity contribution in [3.63, 3.8) is 0 Å². The van der Waals surface area contributed by atoms with Crippen molar-refractivity contribution in [3.05, 3.63) is 23.5 Å². The van der Waals surface area contributed by atoms with Gasteiger partial charge in [-0.3, -0.25) is 9.69 Å². The van der Waals surface area contributed by atoms with Crippen molar-refractivity contribution in [1.82, 2.24) is 9.88 Å². The maximum Gasteiger partial charge on any atom is 0.419 e. The molecule has 2 aliphatic heterocycles. The molecule has 4 rings (SSSR count). The number of hydrogen-bond acceptors (Lipinski definition) is 7. The molecule has 0 N–H and O–H groups in total. The van der Waals surface area contributed by atoms with Gasteiger partial charge in [-0.1, -0.05) is 0 Å². The van der Waals surface area contributed by atoms with E-state index in [0.29, 0.717) is 13.2 Å². The third-order valence-corrected chi connectivity index (χ3v) is 7.74. The number of alkyl halides is 3. The van der Waals surface area contributed by atoms with E-state index in [2.05, 4.69) is 4.98 Å². The predicted octanol–water partition coefficient (Wildman–Crippen LogP) is 4.95. The predicted molar refractivity (Wildman–Crippen MR) is 136 cm³/mol. The van der Waals surface area contributed by atoms with E-state index in [1.165, 1.54) is 6.07 Å². The Balaban J connectivity index is 1.34. The van der Waals surface area contributed by atoms with Crippen LogP contribution in [-0.4, -0.2) is 64.7 Å². The van der Waals surface area contributed by atoms with Gasteiger partial charge in [-0.05, 0) is 83.5 Å². The van der Waals surface area contributed by atoms with Crippen molar-refractivity contribution >= 4 is 28.9 Å². The minimum absolute atomic E-state index is 0.0495. The lowest BCUT2D eigenvalue weighted by Crippen LogP contribution is -2.51. The fourth-order valence-corrected chi connectivity index (χ4v) is 5.93. The minimum Gasteiger partial charge on any atom is -0.378 e. The highest BCUT2D eigenvalue weighted by Crippen LogP contribution is 2.40. The Morgan fingerprint density at radius 2 is 1.89 bits per heavy atom. The number of amides is 1. The van der Waals surface area contributed by atoms with E-state index in [-0.39, 0.29) is 29.2 Å². The summed E-state index contributed by atoms with van der Waals surface area (Å²) in [7, 11) is 0. The van der Waals surface area contributed by atoms with Crippen LogP contribution in [0.2, 0.25) is 0 Å². The van der Waals surface area contributed by atoms with Gasteiger partial charge in [0.1, 0.15) is 11.6 Å². The molecule has 0 radical (unpaired) electrons. The monoisotopic (exact) mass is 554 g/mol. The average molecular weight is 555 g/mol. The molecule has 38 heavy (non-hydrogen) atoms. The van der Waals surface area contributed by atoms with Gasteiger partial charge in [0, 0.05) is 19.3 Å². The summed E-state index contributed by atoms with van der Waals surface area (Å²) in [5, 5.41) is 9.19. The van der Waals surface area contributed by atoms with Crippen LogP contribution in [0, 0.1) is 11.3 Å². The lowest BCUT2D eigenvalue weighted by Gasteiger charge is -2.40. The molecule has 0 bridgehead atoms. The van der Waals surface area contributed by atoms with E-state index in [1.807, 2.05) is 4.90 Å². The Labute approximate surface area is 226 Å². The Hall–Kier alpha value is -2.33. The molecule has 3 fully saturated rings. The van der Waals surface area contributed by atoms with Crippen molar-refractivity contribution in [3.8, 4) is 6.07 Å². The Morgan fingerprint density at radius 1 is 1.18 bits per heavy atom. The topological polar surface area (TPSA) is 87.9 Å². The molecular weight excluding hydrogens is 521 g/mol. The second-order valence-electron chi connectivity index (χ2n) is 10.4. The van der Waals surface area contributed by atoms with Gasteiger partial charge in [-0.25, -0.2) is 4.98 Å². The number of carbonyl (C=O) groups excluding carboxylic acids is 1. The molecule has 0 spiro atoms. The highest BCUT2D eigenvalue weighted by molar-refractivity contribution is 7.80. The second kappa shape index (κ2) is 11.8. The molecule has 3 aliphatic rings. The molecule has 1 aliphatic carbocycles. The number of nitriles is 1.